The lowest BCUT2D eigenvalue weighted by Gasteiger charge is -2.35. The van der Waals surface area contributed by atoms with Crippen LogP contribution in [-0.2, 0) is 163 Å². The second kappa shape index (κ2) is 42.8. The van der Waals surface area contributed by atoms with Gasteiger partial charge in [0.25, 0.3) is 0 Å². The first-order valence-corrected chi connectivity index (χ1v) is 52.5. The van der Waals surface area contributed by atoms with Crippen molar-refractivity contribution in [2.75, 3.05) is 52.9 Å². The number of aromatic nitrogens is 3. The lowest BCUT2D eigenvalue weighted by molar-refractivity contribution is -0.0518. The summed E-state index contributed by atoms with van der Waals surface area (Å²) in [7, 11) is 5.65. The molecule has 72 heteroatoms. The number of hydrogen-bond acceptors (Lipinski definition) is 45. The Hall–Kier alpha value is 0.0613. The molecule has 1 aromatic heterocycles. The Morgan fingerprint density at radius 3 is 0.786 bits per heavy atom. The standard InChI is InChI=1S/C54H90B9N3O51P8Si/c1-17-36(29(69)46(56)101-17)110-118(76,77)100-16-26-43(44(53(63)109-26)92-8-18-7-66(65-64-18)126(5,6)54(2,3)4)117-125(90,91)99-15-25-42(35(75)52(62)108-25)116-124(88,89)98-14-24-41(34(74)51(61)107-24)115-123(86,87)97-13-23-40(33(73)50(60)106-23)114-122(84,85)96-12-22-39(32(72)49(59)105-22)113-121(82,83)95-11-21-38(31(71)48(58)104-21)112-120(80,81)94-10-20-37(30(70)47(57)103-20)111-119(78,79)93-9-19-27(67)28(68)45(55)102-19/h7,17,19-53,67-75H,8-16H2,1-6H3,(H,76,77)(H,78,79)(H,80,81)(H,82,83)(H,84,85)(H,86,87)(H,88,89)(H,90,91)/t17-,19-,20-,21-,22-,23-,24-,25-,26-,27+,28+,29+,30+,31+,32+,33+,34+,35+,36+,37+,38+,39+,40+,41+,42+,43+,44+,45?,46?,47?,48?,49?,50?,51?,52?,53?/m1/s1. The van der Waals surface area contributed by atoms with Gasteiger partial charge in [0.2, 0.25) is 0 Å². The molecule has 9 saturated heterocycles. The van der Waals surface area contributed by atoms with Crippen molar-refractivity contribution >= 4 is 141 Å². The molecular weight excluding hydrogens is 1880 g/mol. The molecule has 18 radical (unpaired) electrons. The van der Waals surface area contributed by atoms with Gasteiger partial charge in [-0.2, -0.15) is 0 Å². The van der Waals surface area contributed by atoms with Gasteiger partial charge in [0.15, 0.2) is 8.24 Å². The first-order chi connectivity index (χ1) is 58.0. The van der Waals surface area contributed by atoms with E-state index in [4.69, 9.17) is 190 Å². The fourth-order valence-electron chi connectivity index (χ4n) is 13.3. The molecule has 0 aromatic carbocycles. The molecule has 0 aliphatic carbocycles. The van der Waals surface area contributed by atoms with Crippen molar-refractivity contribution in [3.8, 4) is 0 Å². The van der Waals surface area contributed by atoms with Crippen LogP contribution in [0.25, 0.3) is 0 Å². The summed E-state index contributed by atoms with van der Waals surface area (Å²) in [6, 6.07) is -15.1. The van der Waals surface area contributed by atoms with E-state index in [2.05, 4.69) is 10.3 Å². The molecule has 0 amide bonds. The Morgan fingerprint density at radius 1 is 0.325 bits per heavy atom. The number of nitrogens with zero attached hydrogens (tertiary/aromatic N) is 3. The zero-order valence-corrected chi connectivity index (χ0v) is 75.0. The molecule has 0 saturated carbocycles. The van der Waals surface area contributed by atoms with Crippen LogP contribution in [0.15, 0.2) is 6.20 Å². The minimum Gasteiger partial charge on any atom is -0.388 e. The van der Waals surface area contributed by atoms with Crippen LogP contribution >= 0.6 is 62.6 Å². The van der Waals surface area contributed by atoms with E-state index >= 15 is 0 Å². The van der Waals surface area contributed by atoms with E-state index < -0.39 is 343 Å². The maximum Gasteiger partial charge on any atom is 0.472 e. The molecule has 10 rings (SSSR count). The third kappa shape index (κ3) is 27.6. The fraction of sp³-hybridized carbons (Fsp3) is 0.963. The van der Waals surface area contributed by atoms with Crippen molar-refractivity contribution in [2.45, 2.75) is 271 Å². The van der Waals surface area contributed by atoms with Crippen molar-refractivity contribution in [1.29, 1.82) is 0 Å². The fourth-order valence-corrected chi connectivity index (χ4v) is 22.5. The first-order valence-electron chi connectivity index (χ1n) is 37.6. The van der Waals surface area contributed by atoms with Gasteiger partial charge >= 0.3 is 62.6 Å². The van der Waals surface area contributed by atoms with Crippen LogP contribution in [-0.4, -0.2) is 450 Å². The number of hydrogen-bond donors (Lipinski definition) is 17. The third-order valence-electron chi connectivity index (χ3n) is 21.1. The number of phosphoric ester groups is 8. The van der Waals surface area contributed by atoms with Gasteiger partial charge in [-0.05, 0) is 25.1 Å². The van der Waals surface area contributed by atoms with Gasteiger partial charge in [-0.3, -0.25) is 76.7 Å². The highest BCUT2D eigenvalue weighted by Crippen LogP contribution is 2.58. The summed E-state index contributed by atoms with van der Waals surface area (Å²) in [5.41, 5.74) is 0.245. The number of aliphatic hydroxyl groups is 9. The Morgan fingerprint density at radius 2 is 0.540 bits per heavy atom. The molecule has 698 valence electrons. The molecule has 17 N–H and O–H groups in total. The minimum atomic E-state index is -5.69. The summed E-state index contributed by atoms with van der Waals surface area (Å²) in [6.07, 6.45) is -48.9. The predicted molar refractivity (Wildman–Crippen MR) is 416 cm³/mol. The van der Waals surface area contributed by atoms with Crippen LogP contribution in [0.1, 0.15) is 33.4 Å². The molecule has 17 unspecified atom stereocenters. The number of phosphoric acid groups is 8. The van der Waals surface area contributed by atoms with Crippen molar-refractivity contribution in [2.24, 2.45) is 0 Å². The van der Waals surface area contributed by atoms with Gasteiger partial charge < -0.3 is 132 Å². The molecule has 9 aliphatic rings. The van der Waals surface area contributed by atoms with Crippen molar-refractivity contribution in [3.63, 3.8) is 0 Å². The van der Waals surface area contributed by atoms with Crippen LogP contribution in [0.2, 0.25) is 18.1 Å². The summed E-state index contributed by atoms with van der Waals surface area (Å²) in [5.74, 6) is 0. The topological polar surface area (TPSA) is 751 Å². The van der Waals surface area contributed by atoms with E-state index in [0.29, 0.717) is 0 Å². The normalized spacial score (nSPS) is 43.2. The monoisotopic (exact) mass is 1970 g/mol. The quantitative estimate of drug-likeness (QED) is 0.0213. The molecule has 44 atom stereocenters. The summed E-state index contributed by atoms with van der Waals surface area (Å²) >= 11 is 0. The van der Waals surface area contributed by atoms with Crippen molar-refractivity contribution in [3.05, 3.63) is 11.9 Å². The van der Waals surface area contributed by atoms with E-state index in [1.165, 1.54) is 6.92 Å². The highest BCUT2D eigenvalue weighted by molar-refractivity contribution is 7.49. The number of ether oxygens (including phenoxy) is 10. The lowest BCUT2D eigenvalue weighted by atomic mass is 9.93. The lowest BCUT2D eigenvalue weighted by Crippen LogP contribution is -2.45. The highest BCUT2D eigenvalue weighted by atomic mass is 31.2. The van der Waals surface area contributed by atoms with Gasteiger partial charge in [0, 0.05) is 60.2 Å². The Balaban J connectivity index is 0.695. The van der Waals surface area contributed by atoms with E-state index in [-0.39, 0.29) is 17.3 Å². The molecule has 10 heterocycles. The Kier molecular flexibility index (Phi) is 36.7. The van der Waals surface area contributed by atoms with Crippen LogP contribution < -0.4 is 0 Å². The summed E-state index contributed by atoms with van der Waals surface area (Å²) < 4.78 is 245. The Bertz CT molecular complexity index is 4210. The summed E-state index contributed by atoms with van der Waals surface area (Å²) in [5, 5.41) is 104. The molecule has 126 heavy (non-hydrogen) atoms. The second-order valence-corrected chi connectivity index (χ2v) is 47.6. The molecule has 0 bridgehead atoms. The average Bonchev–Trinajstić information content (AvgIpc) is 1.51. The molecule has 0 spiro atoms. The predicted octanol–water partition coefficient (Wildman–Crippen LogP) is -8.66. The molecule has 9 fully saturated rings. The Labute approximate surface area is 730 Å². The highest BCUT2D eigenvalue weighted by Gasteiger charge is 2.58. The van der Waals surface area contributed by atoms with Crippen molar-refractivity contribution in [1.82, 2.24) is 14.7 Å². The van der Waals surface area contributed by atoms with E-state index in [9.17, 15) is 122 Å². The first kappa shape index (κ1) is 108. The van der Waals surface area contributed by atoms with Crippen LogP contribution in [0.4, 0.5) is 0 Å². The van der Waals surface area contributed by atoms with Crippen LogP contribution in [0, 0.1) is 0 Å². The SMILES string of the molecule is [B]C1O[C@H](COP(=O)(O)O[C@@H]2[C@H](O)C([B])O[C@@H]2COP(=O)(O)O[C@@H]2[C@H](O)C([B])O[C@@H]2COP(=O)(O)O[C@@H]2[C@H](O)C([B])O[C@@H]2COP(=O)(O)O[C@@H]2[C@H](O)C([B])O[C@@H]2COP(=O)(O)O[C@@H]2[C@H](O)C([B])O[C@@H]2COP(=O)(O)O[C@@H]2[C@H](O)C([B])O[C@@H]2COP(=O)(O)O[C@@H]2[C@H](OCc3cn([Si](C)(C)C(C)(C)C)nn3)C([B])O[C@@H]2COP(=O)(O)O[C@@H]2[C@H](O)C([B])O[C@@H]2C)[C@H](O)[C@@H]1O. The van der Waals surface area contributed by atoms with Gasteiger partial charge in [0.05, 0.1) is 71.7 Å². The van der Waals surface area contributed by atoms with Gasteiger partial charge in [-0.25, -0.2) is 36.5 Å². The summed E-state index contributed by atoms with van der Waals surface area (Å²) in [4.78, 5) is 86.8. The molecule has 9 aliphatic heterocycles. The zero-order chi connectivity index (χ0) is 93.8. The van der Waals surface area contributed by atoms with E-state index in [1.807, 2.05) is 33.9 Å². The number of rotatable bonds is 44. The number of aliphatic hydroxyl groups excluding tert-OH is 9. The molecule has 54 nitrogen and oxygen atoms in total. The minimum absolute atomic E-state index is 0.211. The molecular formula is C54H90B9N3O51P8Si. The zero-order valence-electron chi connectivity index (χ0n) is 66.8. The van der Waals surface area contributed by atoms with Crippen LogP contribution in [0.3, 0.4) is 0 Å². The third-order valence-corrected chi connectivity index (χ3v) is 34.0. The summed E-state index contributed by atoms with van der Waals surface area (Å²) in [6.45, 7) is 1.78. The van der Waals surface area contributed by atoms with Gasteiger partial charge in [-0.15, -0.1) is 5.10 Å². The maximum absolute atomic E-state index is 14.0. The van der Waals surface area contributed by atoms with Crippen molar-refractivity contribution < 1.29 is 241 Å². The maximum atomic E-state index is 14.0. The average molecular weight is 1970 g/mol. The largest absolute Gasteiger partial charge is 0.472 e. The van der Waals surface area contributed by atoms with E-state index in [1.54, 1.807) is 10.5 Å². The molecule has 1 aromatic rings. The van der Waals surface area contributed by atoms with E-state index in [0.717, 1.165) is 0 Å². The smallest absolute Gasteiger partial charge is 0.388 e. The van der Waals surface area contributed by atoms with Gasteiger partial charge in [-0.1, -0.05) is 26.0 Å². The van der Waals surface area contributed by atoms with Gasteiger partial charge in [0.1, 0.15) is 229 Å². The second-order valence-electron chi connectivity index (χ2n) is 31.2. The van der Waals surface area contributed by atoms with Crippen LogP contribution in [0.5, 0.6) is 0 Å².